The molecular formula is C15H22N2O. The van der Waals surface area contributed by atoms with Crippen LogP contribution in [0.25, 0.3) is 0 Å². The van der Waals surface area contributed by atoms with Gasteiger partial charge in [-0.3, -0.25) is 4.98 Å². The molecule has 0 saturated heterocycles. The Labute approximate surface area is 109 Å². The second-order valence-electron chi connectivity index (χ2n) is 5.55. The summed E-state index contributed by atoms with van der Waals surface area (Å²) < 4.78 is 5.46. The first-order chi connectivity index (χ1) is 8.86. The van der Waals surface area contributed by atoms with Crippen LogP contribution in [0.1, 0.15) is 37.4 Å². The third kappa shape index (κ3) is 1.91. The summed E-state index contributed by atoms with van der Waals surface area (Å²) in [5.74, 6) is 3.52. The third-order valence-corrected chi connectivity index (χ3v) is 4.73. The quantitative estimate of drug-likeness (QED) is 0.887. The predicted octanol–water partition coefficient (Wildman–Crippen LogP) is 2.79. The van der Waals surface area contributed by atoms with Crippen LogP contribution >= 0.6 is 0 Å². The number of rotatable bonds is 4. The Morgan fingerprint density at radius 2 is 2.06 bits per heavy atom. The number of pyridine rings is 1. The van der Waals surface area contributed by atoms with Crippen molar-refractivity contribution in [1.82, 2.24) is 10.3 Å². The minimum absolute atomic E-state index is 0.356. The van der Waals surface area contributed by atoms with Gasteiger partial charge < -0.3 is 10.1 Å². The summed E-state index contributed by atoms with van der Waals surface area (Å²) in [4.78, 5) is 4.55. The van der Waals surface area contributed by atoms with Gasteiger partial charge in [0.1, 0.15) is 5.75 Å². The molecule has 18 heavy (non-hydrogen) atoms. The van der Waals surface area contributed by atoms with E-state index in [4.69, 9.17) is 4.74 Å². The van der Waals surface area contributed by atoms with Crippen LogP contribution < -0.4 is 10.1 Å². The van der Waals surface area contributed by atoms with Gasteiger partial charge in [-0.2, -0.15) is 0 Å². The van der Waals surface area contributed by atoms with E-state index in [-0.39, 0.29) is 0 Å². The number of hydrogen-bond acceptors (Lipinski definition) is 3. The number of nitrogens with one attached hydrogen (secondary N) is 1. The molecule has 2 fully saturated rings. The van der Waals surface area contributed by atoms with E-state index in [0.717, 1.165) is 29.2 Å². The molecule has 0 aliphatic heterocycles. The average Bonchev–Trinajstić information content (AvgIpc) is 3.15. The molecule has 0 amide bonds. The van der Waals surface area contributed by atoms with E-state index in [0.29, 0.717) is 6.04 Å². The van der Waals surface area contributed by atoms with Gasteiger partial charge in [0.15, 0.2) is 0 Å². The highest BCUT2D eigenvalue weighted by molar-refractivity contribution is 5.31. The fourth-order valence-corrected chi connectivity index (χ4v) is 3.86. The first-order valence-electron chi connectivity index (χ1n) is 7.03. The normalized spacial score (nSPS) is 31.6. The van der Waals surface area contributed by atoms with Crippen molar-refractivity contribution in [2.75, 3.05) is 14.2 Å². The van der Waals surface area contributed by atoms with Crippen molar-refractivity contribution in [2.45, 2.75) is 31.7 Å². The van der Waals surface area contributed by atoms with Crippen LogP contribution in [0, 0.1) is 17.8 Å². The summed E-state index contributed by atoms with van der Waals surface area (Å²) in [5.41, 5.74) is 1.09. The summed E-state index contributed by atoms with van der Waals surface area (Å²) in [5, 5.41) is 3.47. The van der Waals surface area contributed by atoms with Crippen LogP contribution in [-0.4, -0.2) is 19.1 Å². The zero-order chi connectivity index (χ0) is 12.5. The molecule has 2 aliphatic rings. The Morgan fingerprint density at radius 1 is 1.33 bits per heavy atom. The minimum atomic E-state index is 0.356. The zero-order valence-corrected chi connectivity index (χ0v) is 11.2. The molecule has 3 heteroatoms. The zero-order valence-electron chi connectivity index (χ0n) is 11.2. The highest BCUT2D eigenvalue weighted by Crippen LogP contribution is 2.60. The van der Waals surface area contributed by atoms with Crippen molar-refractivity contribution in [3.8, 4) is 5.75 Å². The number of aromatic nitrogens is 1. The van der Waals surface area contributed by atoms with Gasteiger partial charge in [0.2, 0.25) is 0 Å². The van der Waals surface area contributed by atoms with Crippen LogP contribution in [0.3, 0.4) is 0 Å². The fraction of sp³-hybridized carbons (Fsp3) is 0.667. The molecule has 3 unspecified atom stereocenters. The van der Waals surface area contributed by atoms with Gasteiger partial charge in [0, 0.05) is 6.20 Å². The van der Waals surface area contributed by atoms with Gasteiger partial charge in [0.05, 0.1) is 18.8 Å². The molecule has 1 aromatic rings. The minimum Gasteiger partial charge on any atom is -0.495 e. The highest BCUT2D eigenvalue weighted by atomic mass is 16.5. The van der Waals surface area contributed by atoms with Crippen LogP contribution in [0.2, 0.25) is 0 Å². The van der Waals surface area contributed by atoms with Crippen LogP contribution in [0.4, 0.5) is 0 Å². The van der Waals surface area contributed by atoms with Gasteiger partial charge in [-0.25, -0.2) is 0 Å². The van der Waals surface area contributed by atoms with E-state index in [1.807, 2.05) is 25.4 Å². The molecule has 2 saturated carbocycles. The average molecular weight is 246 g/mol. The van der Waals surface area contributed by atoms with Crippen molar-refractivity contribution < 1.29 is 4.74 Å². The maximum Gasteiger partial charge on any atom is 0.141 e. The highest BCUT2D eigenvalue weighted by Gasteiger charge is 2.54. The molecular weight excluding hydrogens is 224 g/mol. The lowest BCUT2D eigenvalue weighted by Crippen LogP contribution is -2.21. The largest absolute Gasteiger partial charge is 0.495 e. The molecule has 1 aromatic heterocycles. The molecule has 2 aliphatic carbocycles. The Morgan fingerprint density at radius 3 is 2.67 bits per heavy atom. The van der Waals surface area contributed by atoms with Crippen LogP contribution in [-0.2, 0) is 0 Å². The molecule has 3 rings (SSSR count). The Balaban J connectivity index is 1.84. The van der Waals surface area contributed by atoms with Crippen molar-refractivity contribution in [1.29, 1.82) is 0 Å². The SMILES string of the molecule is CNC(c1ncccc1OC)C1C2CCCCC21. The maximum atomic E-state index is 5.46. The smallest absolute Gasteiger partial charge is 0.141 e. The number of fused-ring (bicyclic) bond motifs is 1. The lowest BCUT2D eigenvalue weighted by atomic mass is 10.0. The number of nitrogens with zero attached hydrogens (tertiary/aromatic N) is 1. The lowest BCUT2D eigenvalue weighted by molar-refractivity contribution is 0.384. The molecule has 0 radical (unpaired) electrons. The van der Waals surface area contributed by atoms with Gasteiger partial charge in [-0.05, 0) is 49.8 Å². The van der Waals surface area contributed by atoms with Gasteiger partial charge in [-0.15, -0.1) is 0 Å². The van der Waals surface area contributed by atoms with E-state index in [2.05, 4.69) is 10.3 Å². The van der Waals surface area contributed by atoms with Gasteiger partial charge in [-0.1, -0.05) is 12.8 Å². The second-order valence-corrected chi connectivity index (χ2v) is 5.55. The first kappa shape index (κ1) is 12.0. The van der Waals surface area contributed by atoms with E-state index < -0.39 is 0 Å². The van der Waals surface area contributed by atoms with Crippen molar-refractivity contribution in [3.63, 3.8) is 0 Å². The van der Waals surface area contributed by atoms with E-state index >= 15 is 0 Å². The second kappa shape index (κ2) is 4.88. The number of ether oxygens (including phenoxy) is 1. The summed E-state index contributed by atoms with van der Waals surface area (Å²) >= 11 is 0. The molecule has 0 bridgehead atoms. The topological polar surface area (TPSA) is 34.2 Å². The van der Waals surface area contributed by atoms with Gasteiger partial charge in [0.25, 0.3) is 0 Å². The summed E-state index contributed by atoms with van der Waals surface area (Å²) in [6.07, 6.45) is 7.50. The molecule has 1 N–H and O–H groups in total. The number of methoxy groups -OCH3 is 1. The molecule has 1 heterocycles. The predicted molar refractivity (Wildman–Crippen MR) is 71.5 cm³/mol. The van der Waals surface area contributed by atoms with E-state index in [1.165, 1.54) is 25.7 Å². The van der Waals surface area contributed by atoms with E-state index in [9.17, 15) is 0 Å². The monoisotopic (exact) mass is 246 g/mol. The third-order valence-electron chi connectivity index (χ3n) is 4.73. The molecule has 3 atom stereocenters. The first-order valence-corrected chi connectivity index (χ1v) is 7.03. The molecule has 0 spiro atoms. The van der Waals surface area contributed by atoms with Crippen molar-refractivity contribution in [3.05, 3.63) is 24.0 Å². The molecule has 3 nitrogen and oxygen atoms in total. The van der Waals surface area contributed by atoms with Gasteiger partial charge >= 0.3 is 0 Å². The Hall–Kier alpha value is -1.09. The maximum absolute atomic E-state index is 5.46. The Kier molecular flexibility index (Phi) is 3.25. The summed E-state index contributed by atoms with van der Waals surface area (Å²) in [6.45, 7) is 0. The standard InChI is InChI=1S/C15H22N2O/c1-16-15(13-10-6-3-4-7-11(10)13)14-12(18-2)8-5-9-17-14/h5,8-11,13,15-16H,3-4,6-7H2,1-2H3. The Bertz CT molecular complexity index is 409. The number of hydrogen-bond donors (Lipinski definition) is 1. The van der Waals surface area contributed by atoms with E-state index in [1.54, 1.807) is 7.11 Å². The summed E-state index contributed by atoms with van der Waals surface area (Å²) in [6, 6.07) is 4.31. The molecule has 0 aromatic carbocycles. The molecule has 98 valence electrons. The van der Waals surface area contributed by atoms with Crippen LogP contribution in [0.15, 0.2) is 18.3 Å². The summed E-state index contributed by atoms with van der Waals surface area (Å²) in [7, 11) is 3.77. The fourth-order valence-electron chi connectivity index (χ4n) is 3.86. The lowest BCUT2D eigenvalue weighted by Gasteiger charge is -2.18. The van der Waals surface area contributed by atoms with Crippen molar-refractivity contribution >= 4 is 0 Å². The van der Waals surface area contributed by atoms with Crippen LogP contribution in [0.5, 0.6) is 5.75 Å². The van der Waals surface area contributed by atoms with Crippen molar-refractivity contribution in [2.24, 2.45) is 17.8 Å².